The molecule has 3 rings (SSSR count). The fourth-order valence-electron chi connectivity index (χ4n) is 3.12. The molecular formula is C25H32IN3O2S. The van der Waals surface area contributed by atoms with Crippen LogP contribution in [0.25, 0.3) is 0 Å². The molecule has 3 aromatic rings. The number of nitrogens with one attached hydrogen (secondary N) is 2. The first kappa shape index (κ1) is 26.3. The van der Waals surface area contributed by atoms with Crippen LogP contribution in [0.4, 0.5) is 0 Å². The number of thiophene rings is 1. The summed E-state index contributed by atoms with van der Waals surface area (Å²) < 4.78 is 5.85. The lowest BCUT2D eigenvalue weighted by atomic mass is 10.1. The quantitative estimate of drug-likeness (QED) is 0.183. The monoisotopic (exact) mass is 565 g/mol. The maximum absolute atomic E-state index is 10.7. The molecule has 1 atom stereocenters. The lowest BCUT2D eigenvalue weighted by molar-refractivity contribution is 0.0655. The number of aliphatic imine (C=N–C) groups is 1. The number of aliphatic hydroxyl groups is 1. The molecular weight excluding hydrogens is 533 g/mol. The molecule has 172 valence electrons. The minimum absolute atomic E-state index is 0. The molecule has 2 aromatic carbocycles. The molecule has 0 fully saturated rings. The van der Waals surface area contributed by atoms with Crippen LogP contribution in [-0.2, 0) is 30.1 Å². The summed E-state index contributed by atoms with van der Waals surface area (Å²) in [7, 11) is 0. The van der Waals surface area contributed by atoms with Crippen molar-refractivity contribution >= 4 is 41.3 Å². The zero-order valence-corrected chi connectivity index (χ0v) is 21.7. The summed E-state index contributed by atoms with van der Waals surface area (Å²) in [5.74, 6) is 0.685. The van der Waals surface area contributed by atoms with Crippen LogP contribution in [-0.4, -0.2) is 24.2 Å². The molecule has 1 unspecified atom stereocenters. The standard InChI is InChI=1S/C25H31N3O2S.HI/c1-3-26-24(28-19-25(2,29)23-13-8-14-31-23)27-16-21-11-7-12-22(15-21)18-30-17-20-9-5-4-6-10-20;/h4-15,29H,3,16-19H2,1-2H3,(H2,26,27,28);1H. The van der Waals surface area contributed by atoms with Crippen molar-refractivity contribution in [2.24, 2.45) is 4.99 Å². The average molecular weight is 566 g/mol. The molecule has 0 aliphatic carbocycles. The first-order valence-electron chi connectivity index (χ1n) is 10.5. The second-order valence-corrected chi connectivity index (χ2v) is 8.55. The fraction of sp³-hybridized carbons (Fsp3) is 0.320. The molecule has 0 saturated carbocycles. The zero-order chi connectivity index (χ0) is 21.9. The Bertz CT molecular complexity index is 947. The molecule has 0 amide bonds. The Morgan fingerprint density at radius 1 is 0.969 bits per heavy atom. The molecule has 5 nitrogen and oxygen atoms in total. The Kier molecular flexibility index (Phi) is 11.2. The maximum atomic E-state index is 10.7. The van der Waals surface area contributed by atoms with Gasteiger partial charge in [0.2, 0.25) is 0 Å². The van der Waals surface area contributed by atoms with E-state index in [0.717, 1.165) is 22.5 Å². The number of benzene rings is 2. The number of rotatable bonds is 10. The molecule has 3 N–H and O–H groups in total. The predicted molar refractivity (Wildman–Crippen MR) is 144 cm³/mol. The highest BCUT2D eigenvalue weighted by Crippen LogP contribution is 2.24. The second kappa shape index (κ2) is 13.6. The van der Waals surface area contributed by atoms with Crippen molar-refractivity contribution < 1.29 is 9.84 Å². The Morgan fingerprint density at radius 3 is 2.41 bits per heavy atom. The van der Waals surface area contributed by atoms with E-state index in [1.807, 2.05) is 55.6 Å². The van der Waals surface area contributed by atoms with Crippen LogP contribution in [0.15, 0.2) is 77.1 Å². The van der Waals surface area contributed by atoms with Crippen molar-refractivity contribution in [3.8, 4) is 0 Å². The molecule has 32 heavy (non-hydrogen) atoms. The van der Waals surface area contributed by atoms with E-state index in [0.29, 0.717) is 32.3 Å². The minimum atomic E-state index is -0.944. The van der Waals surface area contributed by atoms with Gasteiger partial charge in [0.15, 0.2) is 5.96 Å². The normalized spacial score (nSPS) is 13.2. The van der Waals surface area contributed by atoms with Gasteiger partial charge < -0.3 is 20.5 Å². The zero-order valence-electron chi connectivity index (χ0n) is 18.6. The van der Waals surface area contributed by atoms with Crippen LogP contribution in [0.1, 0.15) is 35.4 Å². The number of guanidine groups is 1. The van der Waals surface area contributed by atoms with Crippen molar-refractivity contribution in [3.05, 3.63) is 93.7 Å². The third-order valence-electron chi connectivity index (χ3n) is 4.79. The van der Waals surface area contributed by atoms with Crippen LogP contribution < -0.4 is 10.6 Å². The number of ether oxygens (including phenoxy) is 1. The van der Waals surface area contributed by atoms with Gasteiger partial charge in [-0.1, -0.05) is 60.7 Å². The van der Waals surface area contributed by atoms with E-state index < -0.39 is 5.60 Å². The third-order valence-corrected chi connectivity index (χ3v) is 5.91. The van der Waals surface area contributed by atoms with Gasteiger partial charge in [-0.05, 0) is 42.0 Å². The first-order valence-corrected chi connectivity index (χ1v) is 11.4. The van der Waals surface area contributed by atoms with E-state index in [4.69, 9.17) is 4.74 Å². The Morgan fingerprint density at radius 2 is 1.69 bits per heavy atom. The summed E-state index contributed by atoms with van der Waals surface area (Å²) in [5, 5.41) is 19.2. The van der Waals surface area contributed by atoms with Crippen molar-refractivity contribution in [3.63, 3.8) is 0 Å². The Hall–Kier alpha value is -1.94. The van der Waals surface area contributed by atoms with Gasteiger partial charge in [0.1, 0.15) is 5.60 Å². The van der Waals surface area contributed by atoms with Gasteiger partial charge in [0.05, 0.1) is 26.3 Å². The summed E-state index contributed by atoms with van der Waals surface area (Å²) in [5.41, 5.74) is 2.47. The van der Waals surface area contributed by atoms with Crippen molar-refractivity contribution in [2.45, 2.75) is 39.2 Å². The van der Waals surface area contributed by atoms with E-state index in [2.05, 4.69) is 46.0 Å². The van der Waals surface area contributed by atoms with E-state index >= 15 is 0 Å². The van der Waals surface area contributed by atoms with E-state index in [1.165, 1.54) is 5.56 Å². The van der Waals surface area contributed by atoms with Crippen molar-refractivity contribution in [1.82, 2.24) is 10.6 Å². The third kappa shape index (κ3) is 8.54. The first-order chi connectivity index (χ1) is 15.1. The Labute approximate surface area is 212 Å². The van der Waals surface area contributed by atoms with Crippen LogP contribution in [0.2, 0.25) is 0 Å². The minimum Gasteiger partial charge on any atom is -0.383 e. The Balaban J connectivity index is 0.00000363. The molecule has 0 saturated heterocycles. The van der Waals surface area contributed by atoms with Gasteiger partial charge in [-0.3, -0.25) is 0 Å². The highest BCUT2D eigenvalue weighted by molar-refractivity contribution is 14.0. The smallest absolute Gasteiger partial charge is 0.191 e. The van der Waals surface area contributed by atoms with Crippen LogP contribution in [0, 0.1) is 0 Å². The SMILES string of the molecule is CCNC(=NCc1cccc(COCc2ccccc2)c1)NCC(C)(O)c1cccs1.I. The summed E-state index contributed by atoms with van der Waals surface area (Å²) in [6.45, 7) is 6.68. The molecule has 0 aliphatic rings. The highest BCUT2D eigenvalue weighted by atomic mass is 127. The van der Waals surface area contributed by atoms with Gasteiger partial charge in [0.25, 0.3) is 0 Å². The van der Waals surface area contributed by atoms with Crippen LogP contribution in [0.5, 0.6) is 0 Å². The molecule has 0 bridgehead atoms. The molecule has 0 spiro atoms. The van der Waals surface area contributed by atoms with Gasteiger partial charge >= 0.3 is 0 Å². The number of nitrogens with zero attached hydrogens (tertiary/aromatic N) is 1. The van der Waals surface area contributed by atoms with E-state index in [1.54, 1.807) is 11.3 Å². The topological polar surface area (TPSA) is 65.9 Å². The van der Waals surface area contributed by atoms with Gasteiger partial charge in [0, 0.05) is 11.4 Å². The summed E-state index contributed by atoms with van der Waals surface area (Å²) in [6, 6.07) is 22.4. The number of hydrogen-bond acceptors (Lipinski definition) is 4. The number of halogens is 1. The highest BCUT2D eigenvalue weighted by Gasteiger charge is 2.24. The number of hydrogen-bond donors (Lipinski definition) is 3. The maximum Gasteiger partial charge on any atom is 0.191 e. The van der Waals surface area contributed by atoms with E-state index in [9.17, 15) is 5.11 Å². The average Bonchev–Trinajstić information content (AvgIpc) is 3.33. The lowest BCUT2D eigenvalue weighted by Gasteiger charge is -2.23. The van der Waals surface area contributed by atoms with Gasteiger partial charge in [-0.25, -0.2) is 4.99 Å². The summed E-state index contributed by atoms with van der Waals surface area (Å²) >= 11 is 1.55. The van der Waals surface area contributed by atoms with Crippen LogP contribution in [0.3, 0.4) is 0 Å². The predicted octanol–water partition coefficient (Wildman–Crippen LogP) is 5.05. The van der Waals surface area contributed by atoms with Gasteiger partial charge in [-0.15, -0.1) is 35.3 Å². The van der Waals surface area contributed by atoms with Gasteiger partial charge in [-0.2, -0.15) is 0 Å². The second-order valence-electron chi connectivity index (χ2n) is 7.60. The molecule has 0 aliphatic heterocycles. The lowest BCUT2D eigenvalue weighted by Crippen LogP contribution is -2.44. The molecule has 1 aromatic heterocycles. The summed E-state index contributed by atoms with van der Waals surface area (Å²) in [6.07, 6.45) is 0. The van der Waals surface area contributed by atoms with Crippen molar-refractivity contribution in [1.29, 1.82) is 0 Å². The van der Waals surface area contributed by atoms with Crippen LogP contribution >= 0.6 is 35.3 Å². The summed E-state index contributed by atoms with van der Waals surface area (Å²) in [4.78, 5) is 5.61. The van der Waals surface area contributed by atoms with E-state index in [-0.39, 0.29) is 24.0 Å². The largest absolute Gasteiger partial charge is 0.383 e. The molecule has 7 heteroatoms. The fourth-order valence-corrected chi connectivity index (χ4v) is 3.91. The molecule has 1 heterocycles. The van der Waals surface area contributed by atoms with Crippen molar-refractivity contribution in [2.75, 3.05) is 13.1 Å². The molecule has 0 radical (unpaired) electrons.